The zero-order valence-electron chi connectivity index (χ0n) is 19.3. The highest BCUT2D eigenvalue weighted by Crippen LogP contribution is 2.32. The van der Waals surface area contributed by atoms with E-state index < -0.39 is 23.6 Å². The molecule has 0 spiro atoms. The Bertz CT molecular complexity index is 1310. The van der Waals surface area contributed by atoms with Gasteiger partial charge in [-0.1, -0.05) is 12.1 Å². The standard InChI is InChI=1S/C24H26N6O4/c1-24(2,3)34-23(32)30-20(14-8-16(33-4)12-25-9-14)22(31)29-19-7-5-6-17-18(13-26-21(17)19)15-10-27-28-11-15/h5-13,20,26H,1-4H3,(H,27,28)(H,29,31)(H,30,32). The summed E-state index contributed by atoms with van der Waals surface area (Å²) in [7, 11) is 1.50. The molecule has 0 saturated heterocycles. The van der Waals surface area contributed by atoms with Crippen LogP contribution in [0.1, 0.15) is 32.4 Å². The van der Waals surface area contributed by atoms with E-state index in [2.05, 4.69) is 30.8 Å². The van der Waals surface area contributed by atoms with Gasteiger partial charge in [-0.3, -0.25) is 14.9 Å². The second-order valence-corrected chi connectivity index (χ2v) is 8.64. The molecule has 2 amide bonds. The first-order valence-corrected chi connectivity index (χ1v) is 10.6. The first-order valence-electron chi connectivity index (χ1n) is 10.6. The van der Waals surface area contributed by atoms with Crippen LogP contribution in [0, 0.1) is 0 Å². The van der Waals surface area contributed by atoms with Crippen LogP contribution in [-0.4, -0.2) is 44.9 Å². The van der Waals surface area contributed by atoms with Crippen molar-refractivity contribution in [1.82, 2.24) is 25.5 Å². The fraction of sp³-hybridized carbons (Fsp3) is 0.250. The molecule has 10 nitrogen and oxygen atoms in total. The molecule has 1 unspecified atom stereocenters. The molecule has 0 aliphatic carbocycles. The maximum Gasteiger partial charge on any atom is 0.408 e. The summed E-state index contributed by atoms with van der Waals surface area (Å²) in [5, 5.41) is 13.3. The van der Waals surface area contributed by atoms with Crippen LogP contribution in [0.4, 0.5) is 10.5 Å². The van der Waals surface area contributed by atoms with Crippen LogP contribution >= 0.6 is 0 Å². The van der Waals surface area contributed by atoms with Gasteiger partial charge in [-0.15, -0.1) is 0 Å². The molecule has 0 aliphatic heterocycles. The quantitative estimate of drug-likeness (QED) is 0.340. The number of hydrogen-bond donors (Lipinski definition) is 4. The molecule has 1 aromatic carbocycles. The van der Waals surface area contributed by atoms with E-state index in [4.69, 9.17) is 9.47 Å². The number of aromatic amines is 2. The molecule has 0 bridgehead atoms. The van der Waals surface area contributed by atoms with E-state index in [1.807, 2.05) is 18.3 Å². The molecule has 0 saturated carbocycles. The molecule has 4 N–H and O–H groups in total. The summed E-state index contributed by atoms with van der Waals surface area (Å²) in [6.07, 6.45) is 7.66. The topological polar surface area (TPSA) is 134 Å². The molecule has 34 heavy (non-hydrogen) atoms. The lowest BCUT2D eigenvalue weighted by Gasteiger charge is -2.23. The smallest absolute Gasteiger partial charge is 0.408 e. The van der Waals surface area contributed by atoms with Crippen molar-refractivity contribution in [2.24, 2.45) is 0 Å². The monoisotopic (exact) mass is 462 g/mol. The van der Waals surface area contributed by atoms with E-state index in [9.17, 15) is 9.59 Å². The van der Waals surface area contributed by atoms with Crippen LogP contribution in [0.15, 0.2) is 55.2 Å². The van der Waals surface area contributed by atoms with Crippen LogP contribution in [-0.2, 0) is 9.53 Å². The van der Waals surface area contributed by atoms with Gasteiger partial charge < -0.3 is 25.1 Å². The Morgan fingerprint density at radius 3 is 2.65 bits per heavy atom. The Morgan fingerprint density at radius 2 is 1.94 bits per heavy atom. The maximum absolute atomic E-state index is 13.4. The highest BCUT2D eigenvalue weighted by Gasteiger charge is 2.27. The summed E-state index contributed by atoms with van der Waals surface area (Å²) in [5.41, 5.74) is 2.88. The van der Waals surface area contributed by atoms with E-state index in [1.54, 1.807) is 45.3 Å². The van der Waals surface area contributed by atoms with Crippen LogP contribution in [0.25, 0.3) is 22.0 Å². The number of hydrogen-bond acceptors (Lipinski definition) is 6. The minimum absolute atomic E-state index is 0.445. The van der Waals surface area contributed by atoms with E-state index in [-0.39, 0.29) is 0 Å². The van der Waals surface area contributed by atoms with Crippen molar-refractivity contribution in [1.29, 1.82) is 0 Å². The lowest BCUT2D eigenvalue weighted by atomic mass is 10.1. The minimum atomic E-state index is -1.07. The van der Waals surface area contributed by atoms with Gasteiger partial charge in [0.1, 0.15) is 17.4 Å². The third-order valence-corrected chi connectivity index (χ3v) is 5.01. The highest BCUT2D eigenvalue weighted by molar-refractivity contribution is 6.07. The van der Waals surface area contributed by atoms with Crippen molar-refractivity contribution in [2.75, 3.05) is 12.4 Å². The molecule has 0 fully saturated rings. The second-order valence-electron chi connectivity index (χ2n) is 8.64. The lowest BCUT2D eigenvalue weighted by molar-refractivity contribution is -0.118. The molecule has 0 aliphatic rings. The van der Waals surface area contributed by atoms with E-state index >= 15 is 0 Å². The molecular formula is C24H26N6O4. The van der Waals surface area contributed by atoms with Crippen molar-refractivity contribution >= 4 is 28.6 Å². The average Bonchev–Trinajstić information content (AvgIpc) is 3.46. The molecule has 10 heteroatoms. The van der Waals surface area contributed by atoms with Crippen molar-refractivity contribution < 1.29 is 19.1 Å². The third kappa shape index (κ3) is 5.01. The van der Waals surface area contributed by atoms with E-state index in [0.29, 0.717) is 17.0 Å². The van der Waals surface area contributed by atoms with Crippen molar-refractivity contribution in [2.45, 2.75) is 32.4 Å². The number of carbonyl (C=O) groups excluding carboxylic acids is 2. The number of nitrogens with zero attached hydrogens (tertiary/aromatic N) is 2. The summed E-state index contributed by atoms with van der Waals surface area (Å²) >= 11 is 0. The number of amides is 2. The predicted octanol–water partition coefficient (Wildman–Crippen LogP) is 4.17. The largest absolute Gasteiger partial charge is 0.495 e. The number of ether oxygens (including phenoxy) is 2. The van der Waals surface area contributed by atoms with Gasteiger partial charge in [0.15, 0.2) is 0 Å². The fourth-order valence-electron chi connectivity index (χ4n) is 3.53. The van der Waals surface area contributed by atoms with Crippen molar-refractivity contribution in [3.63, 3.8) is 0 Å². The number of pyridine rings is 1. The number of carbonyl (C=O) groups is 2. The molecule has 0 radical (unpaired) electrons. The molecular weight excluding hydrogens is 436 g/mol. The Kier molecular flexibility index (Phi) is 6.22. The minimum Gasteiger partial charge on any atom is -0.495 e. The van der Waals surface area contributed by atoms with Crippen LogP contribution in [0.5, 0.6) is 5.75 Å². The van der Waals surface area contributed by atoms with Gasteiger partial charge >= 0.3 is 6.09 Å². The molecule has 176 valence electrons. The SMILES string of the molecule is COc1cncc(C(NC(=O)OC(C)(C)C)C(=O)Nc2cccc3c(-c4cn[nH]c4)c[nH]c23)c1. The first-order chi connectivity index (χ1) is 16.2. The lowest BCUT2D eigenvalue weighted by Crippen LogP contribution is -2.40. The van der Waals surface area contributed by atoms with E-state index in [1.165, 1.54) is 19.5 Å². The number of nitrogens with one attached hydrogen (secondary N) is 4. The summed E-state index contributed by atoms with van der Waals surface area (Å²) in [5.74, 6) is -0.00890. The van der Waals surface area contributed by atoms with Crippen LogP contribution in [0.2, 0.25) is 0 Å². The summed E-state index contributed by atoms with van der Waals surface area (Å²) in [6, 6.07) is 6.15. The highest BCUT2D eigenvalue weighted by atomic mass is 16.6. The molecule has 4 rings (SSSR count). The Labute approximate surface area is 196 Å². The number of methoxy groups -OCH3 is 1. The molecule has 1 atom stereocenters. The van der Waals surface area contributed by atoms with Gasteiger partial charge in [0.05, 0.1) is 30.7 Å². The first kappa shape index (κ1) is 22.8. The predicted molar refractivity (Wildman–Crippen MR) is 127 cm³/mol. The maximum atomic E-state index is 13.4. The molecule has 4 aromatic rings. The summed E-state index contributed by atoms with van der Waals surface area (Å²) in [4.78, 5) is 33.3. The Balaban J connectivity index is 1.65. The van der Waals surface area contributed by atoms with Gasteiger partial charge in [-0.05, 0) is 32.9 Å². The Hall–Kier alpha value is -4.34. The van der Waals surface area contributed by atoms with Crippen molar-refractivity contribution in [3.05, 3.63) is 60.8 Å². The van der Waals surface area contributed by atoms with Crippen LogP contribution in [0.3, 0.4) is 0 Å². The van der Waals surface area contributed by atoms with Crippen molar-refractivity contribution in [3.8, 4) is 16.9 Å². The number of aromatic nitrogens is 4. The van der Waals surface area contributed by atoms with Gasteiger partial charge in [0, 0.05) is 40.7 Å². The van der Waals surface area contributed by atoms with Gasteiger partial charge in [0.2, 0.25) is 0 Å². The second kappa shape index (κ2) is 9.26. The number of rotatable bonds is 6. The number of fused-ring (bicyclic) bond motifs is 1. The number of anilines is 1. The summed E-state index contributed by atoms with van der Waals surface area (Å²) in [6.45, 7) is 5.24. The number of alkyl carbamates (subject to hydrolysis) is 1. The fourth-order valence-corrected chi connectivity index (χ4v) is 3.53. The zero-order chi connectivity index (χ0) is 24.3. The third-order valence-electron chi connectivity index (χ3n) is 5.01. The zero-order valence-corrected chi connectivity index (χ0v) is 19.3. The number of H-pyrrole nitrogens is 2. The van der Waals surface area contributed by atoms with Gasteiger partial charge in [-0.25, -0.2) is 4.79 Å². The van der Waals surface area contributed by atoms with Gasteiger partial charge in [-0.2, -0.15) is 5.10 Å². The van der Waals surface area contributed by atoms with Gasteiger partial charge in [0.25, 0.3) is 5.91 Å². The van der Waals surface area contributed by atoms with E-state index in [0.717, 1.165) is 22.0 Å². The number of benzene rings is 1. The number of para-hydroxylation sites is 1. The van der Waals surface area contributed by atoms with Crippen LogP contribution < -0.4 is 15.4 Å². The molecule has 3 heterocycles. The molecule has 3 aromatic heterocycles. The Morgan fingerprint density at radius 1 is 1.12 bits per heavy atom. The summed E-state index contributed by atoms with van der Waals surface area (Å²) < 4.78 is 10.6. The normalized spacial score (nSPS) is 12.2. The average molecular weight is 463 g/mol.